The summed E-state index contributed by atoms with van der Waals surface area (Å²) < 4.78 is 31.7. The molecule has 25 heavy (non-hydrogen) atoms. The van der Waals surface area contributed by atoms with Gasteiger partial charge in [-0.2, -0.15) is 4.31 Å². The van der Waals surface area contributed by atoms with Crippen molar-refractivity contribution in [2.75, 3.05) is 18.7 Å². The van der Waals surface area contributed by atoms with Crippen molar-refractivity contribution in [1.82, 2.24) is 9.29 Å². The molecule has 0 spiro atoms. The van der Waals surface area contributed by atoms with Gasteiger partial charge in [0, 0.05) is 11.9 Å². The number of hydrogen-bond donors (Lipinski definition) is 0. The summed E-state index contributed by atoms with van der Waals surface area (Å²) in [5, 5.41) is 0. The molecule has 0 N–H and O–H groups in total. The van der Waals surface area contributed by atoms with Crippen LogP contribution in [-0.4, -0.2) is 43.5 Å². The van der Waals surface area contributed by atoms with Gasteiger partial charge in [-0.15, -0.1) is 0 Å². The number of ether oxygens (including phenoxy) is 1. The number of anilines is 2. The third-order valence-electron chi connectivity index (χ3n) is 4.19. The summed E-state index contributed by atoms with van der Waals surface area (Å²) in [7, 11) is -2.62. The number of pyridine rings is 1. The van der Waals surface area contributed by atoms with Crippen LogP contribution in [0.5, 0.6) is 0 Å². The average molecular weight is 361 g/mol. The number of carbonyl (C=O) groups excluding carboxylic acids is 1. The maximum Gasteiger partial charge on any atom is 0.323 e. The molecular formula is C17H19N3O4S. The van der Waals surface area contributed by atoms with E-state index in [0.717, 1.165) is 15.6 Å². The van der Waals surface area contributed by atoms with Crippen molar-refractivity contribution < 1.29 is 17.9 Å². The van der Waals surface area contributed by atoms with Crippen LogP contribution in [0.1, 0.15) is 12.5 Å². The zero-order valence-corrected chi connectivity index (χ0v) is 15.0. The summed E-state index contributed by atoms with van der Waals surface area (Å²) in [4.78, 5) is 18.0. The van der Waals surface area contributed by atoms with Gasteiger partial charge in [0.2, 0.25) is 10.0 Å². The number of methoxy groups -OCH3 is 1. The van der Waals surface area contributed by atoms with Crippen molar-refractivity contribution in [3.8, 4) is 0 Å². The van der Waals surface area contributed by atoms with E-state index in [9.17, 15) is 13.2 Å². The second kappa shape index (κ2) is 6.45. The Bertz CT molecular complexity index is 896. The molecular weight excluding hydrogens is 342 g/mol. The third kappa shape index (κ3) is 2.98. The molecule has 1 aliphatic heterocycles. The first-order valence-electron chi connectivity index (χ1n) is 7.75. The summed E-state index contributed by atoms with van der Waals surface area (Å²) in [5.74, 6) is -0.264. The summed E-state index contributed by atoms with van der Waals surface area (Å²) in [6, 6.07) is 9.78. The maximum absolute atomic E-state index is 12.9. The fraction of sp³-hybridized carbons (Fsp3) is 0.294. The van der Waals surface area contributed by atoms with E-state index in [4.69, 9.17) is 4.74 Å². The normalized spacial score (nSPS) is 17.6. The van der Waals surface area contributed by atoms with Crippen molar-refractivity contribution >= 4 is 27.5 Å². The number of rotatable bonds is 3. The number of sulfonamides is 1. The molecule has 0 bridgehead atoms. The highest BCUT2D eigenvalue weighted by Gasteiger charge is 2.41. The van der Waals surface area contributed by atoms with Gasteiger partial charge in [0.25, 0.3) is 0 Å². The first kappa shape index (κ1) is 17.4. The average Bonchev–Trinajstić information content (AvgIpc) is 2.62. The van der Waals surface area contributed by atoms with E-state index in [0.29, 0.717) is 5.82 Å². The van der Waals surface area contributed by atoms with Gasteiger partial charge in [-0.1, -0.05) is 17.7 Å². The third-order valence-corrected chi connectivity index (χ3v) is 6.12. The Morgan fingerprint density at radius 2 is 1.92 bits per heavy atom. The predicted molar refractivity (Wildman–Crippen MR) is 92.9 cm³/mol. The lowest BCUT2D eigenvalue weighted by Crippen LogP contribution is -2.51. The summed E-state index contributed by atoms with van der Waals surface area (Å²) in [5.41, 5.74) is 1.89. The Kier molecular flexibility index (Phi) is 4.49. The molecule has 0 saturated heterocycles. The maximum atomic E-state index is 12.9. The van der Waals surface area contributed by atoms with Crippen LogP contribution in [-0.2, 0) is 19.6 Å². The SMILES string of the molecule is COC(=O)[C@H](C)N1CN(c2ccc(C)cc2)c2ncccc2S1(=O)=O. The molecule has 2 heterocycles. The van der Waals surface area contributed by atoms with E-state index in [1.165, 1.54) is 20.1 Å². The van der Waals surface area contributed by atoms with E-state index in [2.05, 4.69) is 4.98 Å². The molecule has 0 aliphatic carbocycles. The molecule has 0 amide bonds. The van der Waals surface area contributed by atoms with E-state index in [1.807, 2.05) is 31.2 Å². The number of carbonyl (C=O) groups is 1. The minimum Gasteiger partial charge on any atom is -0.468 e. The van der Waals surface area contributed by atoms with Crippen molar-refractivity contribution in [1.29, 1.82) is 0 Å². The lowest BCUT2D eigenvalue weighted by atomic mass is 10.2. The number of fused-ring (bicyclic) bond motifs is 1. The molecule has 1 aromatic carbocycles. The van der Waals surface area contributed by atoms with Crippen molar-refractivity contribution in [2.24, 2.45) is 0 Å². The molecule has 1 aromatic heterocycles. The van der Waals surface area contributed by atoms with Crippen molar-refractivity contribution in [2.45, 2.75) is 24.8 Å². The number of aromatic nitrogens is 1. The molecule has 0 unspecified atom stereocenters. The van der Waals surface area contributed by atoms with Gasteiger partial charge in [0.1, 0.15) is 10.9 Å². The Morgan fingerprint density at radius 1 is 1.24 bits per heavy atom. The van der Waals surface area contributed by atoms with Crippen LogP contribution >= 0.6 is 0 Å². The monoisotopic (exact) mass is 361 g/mol. The topological polar surface area (TPSA) is 79.8 Å². The number of benzene rings is 1. The van der Waals surface area contributed by atoms with Crippen molar-refractivity contribution in [3.05, 3.63) is 48.2 Å². The summed E-state index contributed by atoms with van der Waals surface area (Å²) in [6.07, 6.45) is 1.55. The van der Waals surface area contributed by atoms with Gasteiger partial charge in [0.15, 0.2) is 5.82 Å². The quantitative estimate of drug-likeness (QED) is 0.779. The smallest absolute Gasteiger partial charge is 0.323 e. The molecule has 7 nitrogen and oxygen atoms in total. The highest BCUT2D eigenvalue weighted by molar-refractivity contribution is 7.89. The molecule has 1 aliphatic rings. The van der Waals surface area contributed by atoms with Crippen molar-refractivity contribution in [3.63, 3.8) is 0 Å². The molecule has 1 atom stereocenters. The van der Waals surface area contributed by atoms with Crippen LogP contribution in [0, 0.1) is 6.92 Å². The molecule has 132 valence electrons. The highest BCUT2D eigenvalue weighted by atomic mass is 32.2. The summed E-state index contributed by atoms with van der Waals surface area (Å²) >= 11 is 0. The highest BCUT2D eigenvalue weighted by Crippen LogP contribution is 2.37. The second-order valence-electron chi connectivity index (χ2n) is 5.82. The molecule has 2 aromatic rings. The standard InChI is InChI=1S/C17H19N3O4S/c1-12-6-8-14(9-7-12)19-11-20(13(2)17(21)24-3)25(22,23)15-5-4-10-18-16(15)19/h4-10,13H,11H2,1-3H3/t13-/m0/s1. The minimum atomic E-state index is -3.86. The van der Waals surface area contributed by atoms with Gasteiger partial charge >= 0.3 is 5.97 Å². The molecule has 0 fully saturated rings. The van der Waals surface area contributed by atoms with Gasteiger partial charge in [-0.05, 0) is 38.1 Å². The lowest BCUT2D eigenvalue weighted by molar-refractivity contribution is -0.144. The van der Waals surface area contributed by atoms with Crippen LogP contribution in [0.4, 0.5) is 11.5 Å². The van der Waals surface area contributed by atoms with Crippen LogP contribution in [0.2, 0.25) is 0 Å². The van der Waals surface area contributed by atoms with E-state index in [-0.39, 0.29) is 11.6 Å². The van der Waals surface area contributed by atoms with Gasteiger partial charge in [-0.25, -0.2) is 13.4 Å². The number of aryl methyl sites for hydroxylation is 1. The first-order chi connectivity index (χ1) is 11.9. The fourth-order valence-corrected chi connectivity index (χ4v) is 4.41. The van der Waals surface area contributed by atoms with Crippen LogP contribution in [0.15, 0.2) is 47.5 Å². The van der Waals surface area contributed by atoms with Gasteiger partial charge < -0.3 is 9.64 Å². The summed E-state index contributed by atoms with van der Waals surface area (Å²) in [6.45, 7) is 3.46. The van der Waals surface area contributed by atoms with Crippen LogP contribution in [0.3, 0.4) is 0 Å². The Morgan fingerprint density at radius 3 is 2.56 bits per heavy atom. The van der Waals surface area contributed by atoms with Crippen LogP contribution in [0.25, 0.3) is 0 Å². The first-order valence-corrected chi connectivity index (χ1v) is 9.19. The van der Waals surface area contributed by atoms with Crippen LogP contribution < -0.4 is 4.90 Å². The second-order valence-corrected chi connectivity index (χ2v) is 7.68. The Balaban J connectivity index is 2.14. The Hall–Kier alpha value is -2.45. The molecule has 3 rings (SSSR count). The molecule has 0 radical (unpaired) electrons. The van der Waals surface area contributed by atoms with Gasteiger partial charge in [0.05, 0.1) is 13.8 Å². The van der Waals surface area contributed by atoms with Gasteiger partial charge in [-0.3, -0.25) is 4.79 Å². The number of hydrogen-bond acceptors (Lipinski definition) is 6. The molecule has 8 heteroatoms. The molecule has 0 saturated carbocycles. The lowest BCUT2D eigenvalue weighted by Gasteiger charge is -2.38. The number of esters is 1. The van der Waals surface area contributed by atoms with E-state index < -0.39 is 22.0 Å². The predicted octanol–water partition coefficient (Wildman–Crippen LogP) is 2.05. The zero-order valence-electron chi connectivity index (χ0n) is 14.2. The Labute approximate surface area is 146 Å². The zero-order chi connectivity index (χ0) is 18.2. The van der Waals surface area contributed by atoms with E-state index in [1.54, 1.807) is 17.2 Å². The minimum absolute atomic E-state index is 0.0221. The fourth-order valence-electron chi connectivity index (χ4n) is 2.74. The van der Waals surface area contributed by atoms with E-state index >= 15 is 0 Å². The number of nitrogens with zero attached hydrogens (tertiary/aromatic N) is 3. The largest absolute Gasteiger partial charge is 0.468 e.